The van der Waals surface area contributed by atoms with Crippen LogP contribution in [0.15, 0.2) is 42.5 Å². The number of nitrogens with one attached hydrogen (secondary N) is 1. The van der Waals surface area contributed by atoms with Gasteiger partial charge in [0.2, 0.25) is 17.4 Å². The highest BCUT2D eigenvalue weighted by molar-refractivity contribution is 6.32. The minimum Gasteiger partial charge on any atom is -0.550 e. The van der Waals surface area contributed by atoms with E-state index in [0.29, 0.717) is 21.8 Å². The molecule has 8 nitrogen and oxygen atoms in total. The quantitative estimate of drug-likeness (QED) is 0.602. The number of carbonyl (C=O) groups excluding carboxylic acids is 4. The van der Waals surface area contributed by atoms with E-state index in [0.717, 1.165) is 5.56 Å². The number of rotatable bonds is 5. The second kappa shape index (κ2) is 7.67. The van der Waals surface area contributed by atoms with Crippen LogP contribution in [-0.4, -0.2) is 34.6 Å². The van der Waals surface area contributed by atoms with Gasteiger partial charge >= 0.3 is 0 Å². The van der Waals surface area contributed by atoms with Gasteiger partial charge in [-0.15, -0.1) is 0 Å². The smallest absolute Gasteiger partial charge is 0.291 e. The number of carboxylic acids is 1. The number of hydrogen-bond donors (Lipinski definition) is 2. The zero-order valence-corrected chi connectivity index (χ0v) is 18.6. The van der Waals surface area contributed by atoms with Crippen LogP contribution in [0.2, 0.25) is 5.02 Å². The predicted molar refractivity (Wildman–Crippen MR) is 115 cm³/mol. The summed E-state index contributed by atoms with van der Waals surface area (Å²) in [4.78, 5) is 53.1. The molecule has 2 aromatic rings. The highest BCUT2D eigenvalue weighted by Crippen LogP contribution is 2.51. The topological polar surface area (TPSA) is 123 Å². The third-order valence-electron chi connectivity index (χ3n) is 7.20. The van der Waals surface area contributed by atoms with E-state index in [1.54, 1.807) is 24.4 Å². The van der Waals surface area contributed by atoms with Crippen molar-refractivity contribution in [2.75, 3.05) is 5.32 Å². The first-order valence-corrected chi connectivity index (χ1v) is 11.2. The number of fused-ring (bicyclic) bond motifs is 4. The molecule has 170 valence electrons. The summed E-state index contributed by atoms with van der Waals surface area (Å²) in [5, 5.41) is 16.2. The van der Waals surface area contributed by atoms with E-state index < -0.39 is 41.2 Å². The molecule has 2 saturated heterocycles. The van der Waals surface area contributed by atoms with Crippen molar-refractivity contribution in [2.45, 2.75) is 37.9 Å². The van der Waals surface area contributed by atoms with E-state index >= 15 is 0 Å². The second-order valence-corrected chi connectivity index (χ2v) is 9.32. The van der Waals surface area contributed by atoms with Crippen LogP contribution in [0.3, 0.4) is 0 Å². The van der Waals surface area contributed by atoms with E-state index in [1.165, 1.54) is 4.90 Å². The van der Waals surface area contributed by atoms with Crippen LogP contribution < -0.4 is 15.7 Å². The Morgan fingerprint density at radius 1 is 1.15 bits per heavy atom. The van der Waals surface area contributed by atoms with Gasteiger partial charge in [-0.2, -0.15) is 0 Å². The zero-order chi connectivity index (χ0) is 23.5. The molecule has 0 saturated carbocycles. The highest BCUT2D eigenvalue weighted by Gasteiger charge is 2.74. The van der Waals surface area contributed by atoms with Gasteiger partial charge in [-0.05, 0) is 36.6 Å². The van der Waals surface area contributed by atoms with Crippen LogP contribution >= 0.6 is 11.6 Å². The molecule has 9 heteroatoms. The summed E-state index contributed by atoms with van der Waals surface area (Å²) in [5.41, 5.74) is 1.26. The molecule has 0 aromatic heterocycles. The van der Waals surface area contributed by atoms with Gasteiger partial charge in [0.05, 0.1) is 12.2 Å². The van der Waals surface area contributed by atoms with Crippen molar-refractivity contribution in [1.82, 2.24) is 4.90 Å². The minimum absolute atomic E-state index is 0.100. The van der Waals surface area contributed by atoms with E-state index in [9.17, 15) is 24.3 Å². The largest absolute Gasteiger partial charge is 0.550 e. The lowest BCUT2D eigenvalue weighted by Gasteiger charge is -2.26. The van der Waals surface area contributed by atoms with E-state index in [-0.39, 0.29) is 25.3 Å². The number of amides is 3. The maximum absolute atomic E-state index is 13.7. The number of likely N-dealkylation sites (tertiary alicyclic amines) is 1. The summed E-state index contributed by atoms with van der Waals surface area (Å²) in [5.74, 6) is -4.18. The Balaban J connectivity index is 1.61. The Morgan fingerprint density at radius 2 is 1.88 bits per heavy atom. The van der Waals surface area contributed by atoms with Crippen molar-refractivity contribution in [3.63, 3.8) is 0 Å². The third kappa shape index (κ3) is 3.08. The molecule has 3 aliphatic heterocycles. The first kappa shape index (κ1) is 21.6. The number of halogens is 1. The van der Waals surface area contributed by atoms with Crippen molar-refractivity contribution < 1.29 is 29.6 Å². The van der Waals surface area contributed by atoms with Crippen LogP contribution in [0.1, 0.15) is 29.5 Å². The lowest BCUT2D eigenvalue weighted by molar-refractivity contribution is -0.734. The number of carboxylic acid groups (broad SMARTS) is 1. The number of nitrogens with zero attached hydrogens (tertiary/aromatic N) is 1. The first-order valence-electron chi connectivity index (χ1n) is 10.8. The van der Waals surface area contributed by atoms with E-state index in [4.69, 9.17) is 11.6 Å². The molecule has 0 bridgehead atoms. The van der Waals surface area contributed by atoms with Crippen molar-refractivity contribution >= 4 is 41.0 Å². The van der Waals surface area contributed by atoms with Crippen LogP contribution in [0, 0.1) is 18.8 Å². The van der Waals surface area contributed by atoms with Crippen molar-refractivity contribution in [3.8, 4) is 0 Å². The lowest BCUT2D eigenvalue weighted by atomic mass is 9.76. The summed E-state index contributed by atoms with van der Waals surface area (Å²) < 4.78 is 0. The molecule has 3 N–H and O–H groups in total. The maximum Gasteiger partial charge on any atom is 0.291 e. The molecule has 3 aliphatic rings. The van der Waals surface area contributed by atoms with E-state index in [2.05, 4.69) is 5.32 Å². The average molecular weight is 468 g/mol. The van der Waals surface area contributed by atoms with Crippen LogP contribution in [0.5, 0.6) is 0 Å². The normalized spacial score (nSPS) is 27.8. The molecule has 0 aliphatic carbocycles. The van der Waals surface area contributed by atoms with Crippen molar-refractivity contribution in [1.29, 1.82) is 0 Å². The molecule has 2 fully saturated rings. The molecule has 3 heterocycles. The standard InChI is InChI=1S/C24H22ClN3O5/c1-12-15(25)8-7-14-20(12)26-23(33)24(14)19-18(16(27-24)9-10-17(29)30)21(31)28(22(19)32)11-13-5-3-2-4-6-13/h2-8,16,18-19,27H,9-11H2,1H3,(H,26,33)(H,29,30)/t16-,18+,19-,24-/m0/s1. The Labute approximate surface area is 194 Å². The van der Waals surface area contributed by atoms with Crippen molar-refractivity contribution in [2.24, 2.45) is 11.8 Å². The number of benzene rings is 2. The number of anilines is 1. The Bertz CT molecular complexity index is 1200. The number of nitrogens with two attached hydrogens (primary N) is 1. The summed E-state index contributed by atoms with van der Waals surface area (Å²) in [6.45, 7) is 1.88. The SMILES string of the molecule is Cc1c(Cl)ccc2c1NC(=O)[C@]21[NH2+][C@@H](CCC(=O)[O-])[C@H]2C(=O)N(Cc3ccccc3)C(=O)[C@H]21. The van der Waals surface area contributed by atoms with Gasteiger partial charge in [0.15, 0.2) is 0 Å². The summed E-state index contributed by atoms with van der Waals surface area (Å²) in [7, 11) is 0. The van der Waals surface area contributed by atoms with Gasteiger partial charge in [0, 0.05) is 23.0 Å². The molecule has 33 heavy (non-hydrogen) atoms. The average Bonchev–Trinajstić information content (AvgIpc) is 3.37. The van der Waals surface area contributed by atoms with Gasteiger partial charge in [-0.1, -0.05) is 41.9 Å². The van der Waals surface area contributed by atoms with Crippen LogP contribution in [-0.2, 0) is 31.3 Å². The Morgan fingerprint density at radius 3 is 2.58 bits per heavy atom. The molecule has 2 aromatic carbocycles. The lowest BCUT2D eigenvalue weighted by Crippen LogP contribution is -2.99. The zero-order valence-electron chi connectivity index (χ0n) is 17.8. The number of aliphatic carboxylic acids is 1. The Hall–Kier alpha value is -3.23. The molecule has 5 rings (SSSR count). The summed E-state index contributed by atoms with van der Waals surface area (Å²) >= 11 is 6.26. The van der Waals surface area contributed by atoms with Gasteiger partial charge in [0.1, 0.15) is 17.9 Å². The number of imide groups is 1. The van der Waals surface area contributed by atoms with Crippen LogP contribution in [0.4, 0.5) is 5.69 Å². The third-order valence-corrected chi connectivity index (χ3v) is 7.60. The number of carbonyl (C=O) groups is 4. The summed E-state index contributed by atoms with van der Waals surface area (Å²) in [6.07, 6.45) is -0.159. The maximum atomic E-state index is 13.7. The predicted octanol–water partition coefficient (Wildman–Crippen LogP) is 0.0729. The van der Waals surface area contributed by atoms with Crippen molar-refractivity contribution in [3.05, 3.63) is 64.2 Å². The summed E-state index contributed by atoms with van der Waals surface area (Å²) in [6, 6.07) is 12.0. The molecule has 3 amide bonds. The molecule has 0 radical (unpaired) electrons. The van der Waals surface area contributed by atoms with Gasteiger partial charge in [0.25, 0.3) is 5.91 Å². The fourth-order valence-corrected chi connectivity index (χ4v) is 5.84. The minimum atomic E-state index is -1.36. The molecule has 1 spiro atoms. The van der Waals surface area contributed by atoms with Gasteiger partial charge in [-0.3, -0.25) is 19.3 Å². The fourth-order valence-electron chi connectivity index (χ4n) is 5.68. The van der Waals surface area contributed by atoms with Crippen LogP contribution in [0.25, 0.3) is 0 Å². The van der Waals surface area contributed by atoms with Gasteiger partial charge < -0.3 is 20.5 Å². The Kier molecular flexibility index (Phi) is 5.02. The monoisotopic (exact) mass is 467 g/mol. The fraction of sp³-hybridized carbons (Fsp3) is 0.333. The van der Waals surface area contributed by atoms with E-state index in [1.807, 2.05) is 30.3 Å². The second-order valence-electron chi connectivity index (χ2n) is 8.91. The molecule has 4 atom stereocenters. The van der Waals surface area contributed by atoms with Gasteiger partial charge in [-0.25, -0.2) is 0 Å². The number of quaternary nitrogens is 1. The highest BCUT2D eigenvalue weighted by atomic mass is 35.5. The molecular formula is C24H22ClN3O5. The number of hydrogen-bond acceptors (Lipinski definition) is 5. The molecular weight excluding hydrogens is 446 g/mol. The molecule has 0 unspecified atom stereocenters. The first-order chi connectivity index (χ1) is 15.8.